The summed E-state index contributed by atoms with van der Waals surface area (Å²) in [5, 5.41) is 9.43. The zero-order valence-electron chi connectivity index (χ0n) is 24.6. The SMILES string of the molecule is c1ccc2c(c1)oc1ccc(-n3c4ccccc4c4c3ccc3c5ccccc5n(-c5ccc6oc7ccccc7c6c5)c34)cc12. The molecular weight excluding hydrogens is 564 g/mol. The molecule has 0 saturated heterocycles. The molecule has 0 aliphatic heterocycles. The van der Waals surface area contributed by atoms with Gasteiger partial charge in [-0.3, -0.25) is 0 Å². The Kier molecular flexibility index (Phi) is 4.55. The summed E-state index contributed by atoms with van der Waals surface area (Å²) >= 11 is 0. The molecule has 4 heteroatoms. The first-order chi connectivity index (χ1) is 22.8. The van der Waals surface area contributed by atoms with E-state index in [1.807, 2.05) is 24.3 Å². The van der Waals surface area contributed by atoms with Gasteiger partial charge < -0.3 is 18.0 Å². The Morgan fingerprint density at radius 1 is 0.326 bits per heavy atom. The molecule has 4 aromatic heterocycles. The van der Waals surface area contributed by atoms with E-state index in [9.17, 15) is 0 Å². The highest BCUT2D eigenvalue weighted by atomic mass is 16.3. The maximum absolute atomic E-state index is 6.21. The van der Waals surface area contributed by atoms with Gasteiger partial charge in [0.2, 0.25) is 0 Å². The van der Waals surface area contributed by atoms with Gasteiger partial charge >= 0.3 is 0 Å². The number of benzene rings is 7. The van der Waals surface area contributed by atoms with Crippen molar-refractivity contribution in [1.29, 1.82) is 0 Å². The first kappa shape index (κ1) is 24.1. The van der Waals surface area contributed by atoms with Gasteiger partial charge in [-0.2, -0.15) is 0 Å². The van der Waals surface area contributed by atoms with Gasteiger partial charge in [0, 0.05) is 54.5 Å². The van der Waals surface area contributed by atoms with Crippen molar-refractivity contribution in [2.45, 2.75) is 0 Å². The fourth-order valence-electron chi connectivity index (χ4n) is 7.76. The van der Waals surface area contributed by atoms with E-state index < -0.39 is 0 Å². The fourth-order valence-corrected chi connectivity index (χ4v) is 7.76. The summed E-state index contributed by atoms with van der Waals surface area (Å²) in [7, 11) is 0. The van der Waals surface area contributed by atoms with Gasteiger partial charge in [-0.05, 0) is 66.7 Å². The molecular formula is C42H24N2O2. The summed E-state index contributed by atoms with van der Waals surface area (Å²) in [5.41, 5.74) is 10.6. The maximum atomic E-state index is 6.21. The Bertz CT molecular complexity index is 3040. The quantitative estimate of drug-likeness (QED) is 0.201. The zero-order valence-corrected chi connectivity index (χ0v) is 24.6. The van der Waals surface area contributed by atoms with Crippen LogP contribution in [0.15, 0.2) is 154 Å². The molecule has 0 spiro atoms. The predicted molar refractivity (Wildman–Crippen MR) is 190 cm³/mol. The normalized spacial score (nSPS) is 12.3. The third kappa shape index (κ3) is 3.07. The Balaban J connectivity index is 1.28. The third-order valence-electron chi connectivity index (χ3n) is 9.71. The van der Waals surface area contributed by atoms with E-state index in [2.05, 4.69) is 130 Å². The lowest BCUT2D eigenvalue weighted by molar-refractivity contribution is 0.668. The minimum atomic E-state index is 0.898. The predicted octanol–water partition coefficient (Wildman–Crippen LogP) is 11.7. The zero-order chi connectivity index (χ0) is 29.9. The molecule has 0 amide bonds. The molecule has 0 N–H and O–H groups in total. The number of rotatable bonds is 2. The van der Waals surface area contributed by atoms with Gasteiger partial charge in [-0.15, -0.1) is 0 Å². The molecule has 0 bridgehead atoms. The van der Waals surface area contributed by atoms with Crippen LogP contribution in [0.4, 0.5) is 0 Å². The largest absolute Gasteiger partial charge is 0.456 e. The third-order valence-corrected chi connectivity index (χ3v) is 9.71. The van der Waals surface area contributed by atoms with Crippen molar-refractivity contribution < 1.29 is 8.83 Å². The highest BCUT2D eigenvalue weighted by Crippen LogP contribution is 2.43. The van der Waals surface area contributed by atoms with Crippen molar-refractivity contribution in [3.05, 3.63) is 146 Å². The summed E-state index contributed by atoms with van der Waals surface area (Å²) in [5.74, 6) is 0. The monoisotopic (exact) mass is 588 g/mol. The van der Waals surface area contributed by atoms with Crippen LogP contribution in [0.2, 0.25) is 0 Å². The topological polar surface area (TPSA) is 36.1 Å². The van der Waals surface area contributed by atoms with Crippen LogP contribution in [0.1, 0.15) is 0 Å². The van der Waals surface area contributed by atoms with E-state index in [1.54, 1.807) is 0 Å². The average molecular weight is 589 g/mol. The smallest absolute Gasteiger partial charge is 0.135 e. The second-order valence-electron chi connectivity index (χ2n) is 12.1. The van der Waals surface area contributed by atoms with Crippen LogP contribution < -0.4 is 0 Å². The van der Waals surface area contributed by atoms with Gasteiger partial charge in [0.05, 0.1) is 22.1 Å². The summed E-state index contributed by atoms with van der Waals surface area (Å²) in [6.45, 7) is 0. The van der Waals surface area contributed by atoms with Crippen molar-refractivity contribution in [3.63, 3.8) is 0 Å². The van der Waals surface area contributed by atoms with E-state index in [-0.39, 0.29) is 0 Å². The molecule has 0 unspecified atom stereocenters. The molecule has 11 rings (SSSR count). The second-order valence-corrected chi connectivity index (χ2v) is 12.1. The number of aromatic nitrogens is 2. The molecule has 0 fully saturated rings. The summed E-state index contributed by atoms with van der Waals surface area (Å²) in [4.78, 5) is 0. The minimum Gasteiger partial charge on any atom is -0.456 e. The van der Waals surface area contributed by atoms with Gasteiger partial charge in [0.1, 0.15) is 22.3 Å². The molecule has 214 valence electrons. The van der Waals surface area contributed by atoms with E-state index >= 15 is 0 Å². The number of nitrogens with zero attached hydrogens (tertiary/aromatic N) is 2. The van der Waals surface area contributed by atoms with Crippen LogP contribution >= 0.6 is 0 Å². The van der Waals surface area contributed by atoms with Crippen molar-refractivity contribution in [2.24, 2.45) is 0 Å². The highest BCUT2D eigenvalue weighted by molar-refractivity contribution is 6.26. The Morgan fingerprint density at radius 3 is 1.48 bits per heavy atom. The molecule has 0 radical (unpaired) electrons. The van der Waals surface area contributed by atoms with Crippen LogP contribution in [-0.2, 0) is 0 Å². The first-order valence-corrected chi connectivity index (χ1v) is 15.6. The van der Waals surface area contributed by atoms with Crippen molar-refractivity contribution in [1.82, 2.24) is 9.13 Å². The number of hydrogen-bond donors (Lipinski definition) is 0. The molecule has 0 aliphatic rings. The molecule has 4 heterocycles. The lowest BCUT2D eigenvalue weighted by atomic mass is 10.1. The van der Waals surface area contributed by atoms with E-state index in [4.69, 9.17) is 8.83 Å². The Labute approximate surface area is 261 Å². The van der Waals surface area contributed by atoms with Crippen LogP contribution in [0, 0.1) is 0 Å². The van der Waals surface area contributed by atoms with Crippen molar-refractivity contribution in [2.75, 3.05) is 0 Å². The molecule has 4 nitrogen and oxygen atoms in total. The second kappa shape index (κ2) is 8.68. The number of fused-ring (bicyclic) bond motifs is 13. The lowest BCUT2D eigenvalue weighted by Crippen LogP contribution is -1.95. The van der Waals surface area contributed by atoms with Gasteiger partial charge in [-0.25, -0.2) is 0 Å². The summed E-state index contributed by atoms with van der Waals surface area (Å²) in [6.07, 6.45) is 0. The van der Waals surface area contributed by atoms with Gasteiger partial charge in [0.25, 0.3) is 0 Å². The number of hydrogen-bond acceptors (Lipinski definition) is 2. The van der Waals surface area contributed by atoms with Crippen molar-refractivity contribution >= 4 is 87.5 Å². The van der Waals surface area contributed by atoms with Crippen LogP contribution in [0.3, 0.4) is 0 Å². The lowest BCUT2D eigenvalue weighted by Gasteiger charge is -2.10. The average Bonchev–Trinajstić information content (AvgIpc) is 3.85. The Morgan fingerprint density at radius 2 is 0.826 bits per heavy atom. The van der Waals surface area contributed by atoms with E-state index in [1.165, 1.54) is 43.6 Å². The molecule has 0 atom stereocenters. The highest BCUT2D eigenvalue weighted by Gasteiger charge is 2.21. The number of furan rings is 2. The minimum absolute atomic E-state index is 0.898. The maximum Gasteiger partial charge on any atom is 0.135 e. The molecule has 11 aromatic rings. The van der Waals surface area contributed by atoms with Gasteiger partial charge in [0.15, 0.2) is 0 Å². The van der Waals surface area contributed by atoms with Crippen LogP contribution in [0.25, 0.3) is 98.9 Å². The molecule has 7 aromatic carbocycles. The standard InChI is InChI=1S/C42H24N2O2/c1-5-13-34-27(9-1)30-19-20-36-41(42(30)44(34)26-18-22-40-33(24-26)29-11-4-8-16-38(29)46-40)31-12-2-6-14-35(31)43(36)25-17-21-39-32(23-25)28-10-3-7-15-37(28)45-39/h1-24H. The summed E-state index contributed by atoms with van der Waals surface area (Å²) in [6, 6.07) is 51.8. The van der Waals surface area contributed by atoms with Gasteiger partial charge in [-0.1, -0.05) is 78.9 Å². The van der Waals surface area contributed by atoms with E-state index in [0.29, 0.717) is 0 Å². The molecule has 0 saturated carbocycles. The van der Waals surface area contributed by atoms with Crippen LogP contribution in [0.5, 0.6) is 0 Å². The van der Waals surface area contributed by atoms with Crippen LogP contribution in [-0.4, -0.2) is 9.13 Å². The van der Waals surface area contributed by atoms with E-state index in [0.717, 1.165) is 55.3 Å². The fraction of sp³-hybridized carbons (Fsp3) is 0. The molecule has 0 aliphatic carbocycles. The Hall–Kier alpha value is -6.26. The summed E-state index contributed by atoms with van der Waals surface area (Å²) < 4.78 is 17.2. The number of para-hydroxylation sites is 4. The first-order valence-electron chi connectivity index (χ1n) is 15.6. The molecule has 46 heavy (non-hydrogen) atoms. The van der Waals surface area contributed by atoms with Crippen molar-refractivity contribution in [3.8, 4) is 11.4 Å².